The van der Waals surface area contributed by atoms with E-state index in [-0.39, 0.29) is 0 Å². The zero-order valence-corrected chi connectivity index (χ0v) is 7.42. The summed E-state index contributed by atoms with van der Waals surface area (Å²) >= 11 is 0. The fourth-order valence-corrected chi connectivity index (χ4v) is 1.61. The Morgan fingerprint density at radius 2 is 2.42 bits per heavy atom. The molecule has 0 aromatic carbocycles. The third-order valence-electron chi connectivity index (χ3n) is 2.22. The van der Waals surface area contributed by atoms with Crippen LogP contribution in [0.25, 0.3) is 0 Å². The van der Waals surface area contributed by atoms with Crippen LogP contribution in [0.5, 0.6) is 5.88 Å². The number of aryl methyl sites for hydroxylation is 1. The number of nitrogens with zero attached hydrogens (tertiary/aromatic N) is 2. The van der Waals surface area contributed by atoms with E-state index >= 15 is 0 Å². The summed E-state index contributed by atoms with van der Waals surface area (Å²) in [6, 6.07) is 0. The third-order valence-corrected chi connectivity index (χ3v) is 2.22. The van der Waals surface area contributed by atoms with Crippen LogP contribution in [0.15, 0.2) is 0 Å². The molecule has 1 aromatic rings. The smallest absolute Gasteiger partial charge is 0.256 e. The van der Waals surface area contributed by atoms with Crippen molar-refractivity contribution >= 4 is 5.69 Å². The van der Waals surface area contributed by atoms with Crippen LogP contribution < -0.4 is 10.1 Å². The van der Waals surface area contributed by atoms with Crippen molar-refractivity contribution in [3.63, 3.8) is 0 Å². The summed E-state index contributed by atoms with van der Waals surface area (Å²) in [5.41, 5.74) is 2.32. The molecular weight excluding hydrogens is 154 g/mol. The average Bonchev–Trinajstić information content (AvgIpc) is 2.44. The normalized spacial score (nSPS) is 15.2. The third kappa shape index (κ3) is 0.948. The van der Waals surface area contributed by atoms with Crippen molar-refractivity contribution in [1.29, 1.82) is 0 Å². The summed E-state index contributed by atoms with van der Waals surface area (Å²) in [7, 11) is 3.60. The molecule has 0 spiro atoms. The highest BCUT2D eigenvalue weighted by Crippen LogP contribution is 2.30. The van der Waals surface area contributed by atoms with Crippen molar-refractivity contribution in [2.75, 3.05) is 19.0 Å². The maximum absolute atomic E-state index is 5.14. The topological polar surface area (TPSA) is 39.1 Å². The predicted molar refractivity (Wildman–Crippen MR) is 46.6 cm³/mol. The number of methoxy groups -OCH3 is 1. The van der Waals surface area contributed by atoms with E-state index in [1.807, 2.05) is 11.7 Å². The van der Waals surface area contributed by atoms with Gasteiger partial charge >= 0.3 is 0 Å². The highest BCUT2D eigenvalue weighted by atomic mass is 16.5. The summed E-state index contributed by atoms with van der Waals surface area (Å²) in [5, 5.41) is 7.54. The molecule has 4 heteroatoms. The molecule has 1 aliphatic heterocycles. The van der Waals surface area contributed by atoms with E-state index in [1.54, 1.807) is 7.11 Å². The predicted octanol–water partition coefficient (Wildman–Crippen LogP) is 0.787. The molecule has 2 heterocycles. The minimum absolute atomic E-state index is 0.715. The van der Waals surface area contributed by atoms with E-state index < -0.39 is 0 Å². The molecule has 0 amide bonds. The SMILES string of the molecule is COc1nn(C)c2c1NCCC2. The first-order valence-electron chi connectivity index (χ1n) is 4.16. The standard InChI is InChI=1S/C8H13N3O/c1-11-6-4-3-5-9-7(6)8(10-11)12-2/h9H,3-5H2,1-2H3. The molecule has 0 aliphatic carbocycles. The van der Waals surface area contributed by atoms with Gasteiger partial charge in [-0.05, 0) is 12.8 Å². The largest absolute Gasteiger partial charge is 0.478 e. The Bertz CT molecular complexity index is 293. The van der Waals surface area contributed by atoms with Crippen LogP contribution in [0.2, 0.25) is 0 Å². The van der Waals surface area contributed by atoms with Gasteiger partial charge in [0.15, 0.2) is 0 Å². The molecule has 0 fully saturated rings. The van der Waals surface area contributed by atoms with Gasteiger partial charge in [0.2, 0.25) is 0 Å². The Hall–Kier alpha value is -1.19. The van der Waals surface area contributed by atoms with E-state index in [0.717, 1.165) is 18.7 Å². The van der Waals surface area contributed by atoms with E-state index in [4.69, 9.17) is 4.74 Å². The van der Waals surface area contributed by atoms with Crippen molar-refractivity contribution in [1.82, 2.24) is 9.78 Å². The molecule has 1 aromatic heterocycles. The first kappa shape index (κ1) is 7.46. The number of nitrogens with one attached hydrogen (secondary N) is 1. The Kier molecular flexibility index (Phi) is 1.67. The summed E-state index contributed by atoms with van der Waals surface area (Å²) in [5.74, 6) is 0.715. The molecule has 0 unspecified atom stereocenters. The molecular formula is C8H13N3O. The lowest BCUT2D eigenvalue weighted by molar-refractivity contribution is 0.393. The Morgan fingerprint density at radius 3 is 3.17 bits per heavy atom. The fourth-order valence-electron chi connectivity index (χ4n) is 1.61. The molecule has 2 rings (SSSR count). The van der Waals surface area contributed by atoms with Gasteiger partial charge in [-0.1, -0.05) is 0 Å². The monoisotopic (exact) mass is 167 g/mol. The van der Waals surface area contributed by atoms with Gasteiger partial charge < -0.3 is 10.1 Å². The van der Waals surface area contributed by atoms with Gasteiger partial charge in [0, 0.05) is 13.6 Å². The number of ether oxygens (including phenoxy) is 1. The molecule has 1 N–H and O–H groups in total. The molecule has 0 saturated carbocycles. The van der Waals surface area contributed by atoms with E-state index in [9.17, 15) is 0 Å². The first-order valence-corrected chi connectivity index (χ1v) is 4.16. The average molecular weight is 167 g/mol. The van der Waals surface area contributed by atoms with Crippen molar-refractivity contribution in [3.05, 3.63) is 5.69 Å². The highest BCUT2D eigenvalue weighted by molar-refractivity contribution is 5.58. The van der Waals surface area contributed by atoms with Crippen LogP contribution in [0.3, 0.4) is 0 Å². The summed E-state index contributed by atoms with van der Waals surface area (Å²) < 4.78 is 7.03. The number of anilines is 1. The molecule has 1 aliphatic rings. The molecule has 0 bridgehead atoms. The molecule has 66 valence electrons. The van der Waals surface area contributed by atoms with Gasteiger partial charge in [0.05, 0.1) is 12.8 Å². The second-order valence-corrected chi connectivity index (χ2v) is 2.98. The lowest BCUT2D eigenvalue weighted by Gasteiger charge is -2.14. The highest BCUT2D eigenvalue weighted by Gasteiger charge is 2.18. The minimum Gasteiger partial charge on any atom is -0.478 e. The number of fused-ring (bicyclic) bond motifs is 1. The molecule has 0 radical (unpaired) electrons. The molecule has 12 heavy (non-hydrogen) atoms. The maximum Gasteiger partial charge on any atom is 0.256 e. The van der Waals surface area contributed by atoms with E-state index in [0.29, 0.717) is 5.88 Å². The lowest BCUT2D eigenvalue weighted by atomic mass is 10.1. The second kappa shape index (κ2) is 2.69. The van der Waals surface area contributed by atoms with Crippen molar-refractivity contribution in [2.24, 2.45) is 7.05 Å². The fraction of sp³-hybridized carbons (Fsp3) is 0.625. The Balaban J connectivity index is 2.47. The Morgan fingerprint density at radius 1 is 1.58 bits per heavy atom. The zero-order chi connectivity index (χ0) is 8.55. The number of aromatic nitrogens is 2. The number of hydrogen-bond donors (Lipinski definition) is 1. The van der Waals surface area contributed by atoms with Crippen LogP contribution >= 0.6 is 0 Å². The molecule has 0 saturated heterocycles. The lowest BCUT2D eigenvalue weighted by Crippen LogP contribution is -2.13. The summed E-state index contributed by atoms with van der Waals surface area (Å²) in [4.78, 5) is 0. The van der Waals surface area contributed by atoms with Crippen molar-refractivity contribution < 1.29 is 4.74 Å². The van der Waals surface area contributed by atoms with Crippen molar-refractivity contribution in [2.45, 2.75) is 12.8 Å². The number of rotatable bonds is 1. The maximum atomic E-state index is 5.14. The van der Waals surface area contributed by atoms with E-state index in [2.05, 4.69) is 10.4 Å². The van der Waals surface area contributed by atoms with Gasteiger partial charge in [-0.3, -0.25) is 4.68 Å². The number of hydrogen-bond acceptors (Lipinski definition) is 3. The van der Waals surface area contributed by atoms with Crippen LogP contribution in [-0.2, 0) is 13.5 Å². The van der Waals surface area contributed by atoms with Gasteiger partial charge in [-0.2, -0.15) is 0 Å². The Labute approximate surface area is 71.5 Å². The van der Waals surface area contributed by atoms with Crippen LogP contribution in [0.1, 0.15) is 12.1 Å². The quantitative estimate of drug-likeness (QED) is 0.672. The van der Waals surface area contributed by atoms with Crippen LogP contribution in [0.4, 0.5) is 5.69 Å². The van der Waals surface area contributed by atoms with Crippen LogP contribution in [0, 0.1) is 0 Å². The van der Waals surface area contributed by atoms with Crippen molar-refractivity contribution in [3.8, 4) is 5.88 Å². The first-order chi connectivity index (χ1) is 5.83. The minimum atomic E-state index is 0.715. The molecule has 4 nitrogen and oxygen atoms in total. The summed E-state index contributed by atoms with van der Waals surface area (Å²) in [6.07, 6.45) is 2.27. The summed E-state index contributed by atoms with van der Waals surface area (Å²) in [6.45, 7) is 1.02. The van der Waals surface area contributed by atoms with Gasteiger partial charge in [-0.15, -0.1) is 5.10 Å². The van der Waals surface area contributed by atoms with Gasteiger partial charge in [0.25, 0.3) is 5.88 Å². The van der Waals surface area contributed by atoms with Gasteiger partial charge in [-0.25, -0.2) is 0 Å². The van der Waals surface area contributed by atoms with Gasteiger partial charge in [0.1, 0.15) is 5.69 Å². The second-order valence-electron chi connectivity index (χ2n) is 2.98. The van der Waals surface area contributed by atoms with Crippen LogP contribution in [-0.4, -0.2) is 23.4 Å². The zero-order valence-electron chi connectivity index (χ0n) is 7.42. The molecule has 0 atom stereocenters. The van der Waals surface area contributed by atoms with E-state index in [1.165, 1.54) is 12.1 Å².